The van der Waals surface area contributed by atoms with Crippen LogP contribution in [0.25, 0.3) is 0 Å². The van der Waals surface area contributed by atoms with Crippen molar-refractivity contribution in [1.82, 2.24) is 9.55 Å². The maximum absolute atomic E-state index is 14.5. The summed E-state index contributed by atoms with van der Waals surface area (Å²) >= 11 is 3.02. The maximum Gasteiger partial charge on any atom is 0.402 e. The SMILES string of the molecule is CCC(C)OP(=O)(O)C(F)(F)c1ccc(Cn2cc[nH]c2=O)cc1Br. The van der Waals surface area contributed by atoms with Crippen molar-refractivity contribution in [3.8, 4) is 0 Å². The van der Waals surface area contributed by atoms with E-state index in [1.165, 1.54) is 36.0 Å². The number of nitrogens with one attached hydrogen (secondary N) is 1. The third-order valence-corrected chi connectivity index (χ3v) is 5.94. The number of benzene rings is 1. The van der Waals surface area contributed by atoms with E-state index in [2.05, 4.69) is 25.4 Å². The van der Waals surface area contributed by atoms with Gasteiger partial charge < -0.3 is 14.4 Å². The second-order valence-corrected chi connectivity index (χ2v) is 8.26. The number of alkyl halides is 2. The number of aromatic amines is 1. The van der Waals surface area contributed by atoms with Gasteiger partial charge in [-0.05, 0) is 25.0 Å². The van der Waals surface area contributed by atoms with Gasteiger partial charge in [-0.25, -0.2) is 4.79 Å². The smallest absolute Gasteiger partial charge is 0.320 e. The summed E-state index contributed by atoms with van der Waals surface area (Å²) in [4.78, 5) is 23.7. The Morgan fingerprint density at radius 3 is 2.68 bits per heavy atom. The highest BCUT2D eigenvalue weighted by atomic mass is 79.9. The average Bonchev–Trinajstić information content (AvgIpc) is 2.91. The summed E-state index contributed by atoms with van der Waals surface area (Å²) in [6.07, 6.45) is 2.54. The molecule has 2 unspecified atom stereocenters. The van der Waals surface area contributed by atoms with Crippen LogP contribution in [0.2, 0.25) is 0 Å². The molecule has 0 bridgehead atoms. The van der Waals surface area contributed by atoms with E-state index in [0.29, 0.717) is 12.0 Å². The summed E-state index contributed by atoms with van der Waals surface area (Å²) in [5.74, 6) is 0. The van der Waals surface area contributed by atoms with Crippen molar-refractivity contribution in [2.24, 2.45) is 0 Å². The fourth-order valence-electron chi connectivity index (χ4n) is 2.11. The summed E-state index contributed by atoms with van der Waals surface area (Å²) in [6, 6.07) is 3.81. The zero-order valence-corrected chi connectivity index (χ0v) is 16.1. The van der Waals surface area contributed by atoms with E-state index in [0.717, 1.165) is 6.07 Å². The van der Waals surface area contributed by atoms with Crippen LogP contribution in [0.5, 0.6) is 0 Å². The van der Waals surface area contributed by atoms with Crippen molar-refractivity contribution in [2.45, 2.75) is 38.6 Å². The summed E-state index contributed by atoms with van der Waals surface area (Å²) in [5.41, 5.74) is -4.47. The summed E-state index contributed by atoms with van der Waals surface area (Å²) in [6.45, 7) is 3.29. The van der Waals surface area contributed by atoms with Gasteiger partial charge >= 0.3 is 18.9 Å². The van der Waals surface area contributed by atoms with Crippen LogP contribution in [0.3, 0.4) is 0 Å². The van der Waals surface area contributed by atoms with Gasteiger partial charge in [-0.1, -0.05) is 35.0 Å². The van der Waals surface area contributed by atoms with Crippen LogP contribution < -0.4 is 5.69 Å². The Labute approximate surface area is 151 Å². The molecule has 0 aliphatic carbocycles. The van der Waals surface area contributed by atoms with Crippen LogP contribution in [-0.4, -0.2) is 20.5 Å². The number of H-pyrrole nitrogens is 1. The molecule has 138 valence electrons. The van der Waals surface area contributed by atoms with Crippen LogP contribution in [0.15, 0.2) is 39.9 Å². The second-order valence-electron chi connectivity index (χ2n) is 5.59. The maximum atomic E-state index is 14.5. The van der Waals surface area contributed by atoms with E-state index >= 15 is 0 Å². The van der Waals surface area contributed by atoms with Gasteiger partial charge in [0.1, 0.15) is 0 Å². The van der Waals surface area contributed by atoms with Crippen LogP contribution in [0, 0.1) is 0 Å². The first-order valence-corrected chi connectivity index (χ1v) is 9.87. The Balaban J connectivity index is 2.31. The van der Waals surface area contributed by atoms with E-state index in [-0.39, 0.29) is 16.7 Å². The van der Waals surface area contributed by atoms with Crippen molar-refractivity contribution in [3.63, 3.8) is 0 Å². The van der Waals surface area contributed by atoms with Crippen molar-refractivity contribution in [2.75, 3.05) is 0 Å². The van der Waals surface area contributed by atoms with Gasteiger partial charge in [-0.3, -0.25) is 9.13 Å². The molecule has 0 fully saturated rings. The fourth-order valence-corrected chi connectivity index (χ4v) is 4.21. The molecule has 2 rings (SSSR count). The minimum absolute atomic E-state index is 0.0411. The van der Waals surface area contributed by atoms with Crippen molar-refractivity contribution >= 4 is 23.5 Å². The Hall–Kier alpha value is -1.28. The largest absolute Gasteiger partial charge is 0.402 e. The summed E-state index contributed by atoms with van der Waals surface area (Å²) in [7, 11) is -5.22. The number of nitrogens with zero attached hydrogens (tertiary/aromatic N) is 1. The van der Waals surface area contributed by atoms with Crippen molar-refractivity contribution in [1.29, 1.82) is 0 Å². The van der Waals surface area contributed by atoms with Crippen LogP contribution in [0.1, 0.15) is 31.4 Å². The van der Waals surface area contributed by atoms with Gasteiger partial charge in [0.25, 0.3) is 0 Å². The monoisotopic (exact) mass is 438 g/mol. The highest BCUT2D eigenvalue weighted by Gasteiger charge is 2.54. The second kappa shape index (κ2) is 7.53. The molecular formula is C15H18BrF2N2O4P. The number of rotatable bonds is 7. The number of halogens is 3. The normalized spacial score (nSPS) is 15.8. The van der Waals surface area contributed by atoms with E-state index in [4.69, 9.17) is 0 Å². The van der Waals surface area contributed by atoms with Gasteiger partial charge in [-0.15, -0.1) is 0 Å². The molecule has 0 saturated heterocycles. The van der Waals surface area contributed by atoms with E-state index in [9.17, 15) is 23.0 Å². The lowest BCUT2D eigenvalue weighted by Gasteiger charge is -2.25. The number of aromatic nitrogens is 2. The third-order valence-electron chi connectivity index (χ3n) is 3.69. The van der Waals surface area contributed by atoms with Gasteiger partial charge in [0, 0.05) is 22.4 Å². The Kier molecular flexibility index (Phi) is 6.04. The van der Waals surface area contributed by atoms with Crippen LogP contribution >= 0.6 is 23.5 Å². The van der Waals surface area contributed by atoms with Crippen LogP contribution in [-0.2, 0) is 21.3 Å². The van der Waals surface area contributed by atoms with Crippen molar-refractivity contribution < 1.29 is 22.8 Å². The molecule has 6 nitrogen and oxygen atoms in total. The lowest BCUT2D eigenvalue weighted by molar-refractivity contribution is 0.0341. The first kappa shape index (κ1) is 20.0. The first-order valence-electron chi connectivity index (χ1n) is 7.50. The quantitative estimate of drug-likeness (QED) is 0.638. The molecule has 0 saturated carbocycles. The zero-order valence-electron chi connectivity index (χ0n) is 13.6. The van der Waals surface area contributed by atoms with Gasteiger partial charge in [0.05, 0.1) is 12.6 Å². The number of hydrogen-bond acceptors (Lipinski definition) is 3. The molecular weight excluding hydrogens is 421 g/mol. The molecule has 0 aliphatic heterocycles. The first-order chi connectivity index (χ1) is 11.6. The molecule has 2 N–H and O–H groups in total. The molecule has 2 aromatic rings. The molecule has 10 heteroatoms. The average molecular weight is 439 g/mol. The lowest BCUT2D eigenvalue weighted by Crippen LogP contribution is -2.20. The van der Waals surface area contributed by atoms with E-state index in [1.807, 2.05) is 0 Å². The van der Waals surface area contributed by atoms with Crippen LogP contribution in [0.4, 0.5) is 8.78 Å². The Bertz CT molecular complexity index is 852. The molecule has 2 atom stereocenters. The fraction of sp³-hybridized carbons (Fsp3) is 0.400. The Morgan fingerprint density at radius 2 is 2.16 bits per heavy atom. The van der Waals surface area contributed by atoms with E-state index in [1.54, 1.807) is 6.92 Å². The highest BCUT2D eigenvalue weighted by molar-refractivity contribution is 9.10. The molecule has 25 heavy (non-hydrogen) atoms. The topological polar surface area (TPSA) is 84.3 Å². The minimum Gasteiger partial charge on any atom is -0.320 e. The van der Waals surface area contributed by atoms with Gasteiger partial charge in [-0.2, -0.15) is 8.78 Å². The standard InChI is InChI=1S/C15H18BrF2N2O4P/c1-3-10(2)24-25(22,23)15(17,18)12-5-4-11(8-13(12)16)9-20-7-6-19-14(20)21/h4-8,10H,3,9H2,1-2H3,(H,19,21)(H,22,23). The van der Waals surface area contributed by atoms with E-state index < -0.39 is 24.9 Å². The number of imidazole rings is 1. The minimum atomic E-state index is -5.22. The molecule has 1 aromatic carbocycles. The molecule has 0 radical (unpaired) electrons. The predicted octanol–water partition coefficient (Wildman–Crippen LogP) is 4.04. The third kappa shape index (κ3) is 4.28. The summed E-state index contributed by atoms with van der Waals surface area (Å²) < 4.78 is 47.1. The highest BCUT2D eigenvalue weighted by Crippen LogP contribution is 2.64. The molecule has 0 amide bonds. The predicted molar refractivity (Wildman–Crippen MR) is 92.9 cm³/mol. The molecule has 1 aromatic heterocycles. The summed E-state index contributed by atoms with van der Waals surface area (Å²) in [5, 5.41) is 0. The van der Waals surface area contributed by atoms with Gasteiger partial charge in [0.15, 0.2) is 0 Å². The Morgan fingerprint density at radius 1 is 1.48 bits per heavy atom. The van der Waals surface area contributed by atoms with Gasteiger partial charge in [0.2, 0.25) is 0 Å². The zero-order chi connectivity index (χ0) is 18.8. The number of hydrogen-bond donors (Lipinski definition) is 2. The molecule has 0 aliphatic rings. The van der Waals surface area contributed by atoms with Crippen molar-refractivity contribution in [3.05, 3.63) is 56.7 Å². The molecule has 0 spiro atoms. The molecule has 1 heterocycles. The lowest BCUT2D eigenvalue weighted by atomic mass is 10.1.